The Morgan fingerprint density at radius 3 is 0.842 bits per heavy atom. The first-order chi connectivity index (χ1) is 8.25. The fraction of sp³-hybridized carbons (Fsp3) is 0. The van der Waals surface area contributed by atoms with Crippen LogP contribution >= 0.6 is 0 Å². The van der Waals surface area contributed by atoms with Gasteiger partial charge in [0, 0.05) is 17.4 Å². The van der Waals surface area contributed by atoms with E-state index in [0.29, 0.717) is 12.1 Å². The van der Waals surface area contributed by atoms with E-state index in [1.807, 2.05) is 0 Å². The van der Waals surface area contributed by atoms with Crippen LogP contribution in [-0.2, 0) is 0 Å². The van der Waals surface area contributed by atoms with Crippen LogP contribution in [0.3, 0.4) is 0 Å². The molecular weight excluding hydrogens is 275 g/mol. The van der Waals surface area contributed by atoms with E-state index < -0.39 is 46.1 Å². The average molecular weight is 281 g/mol. The van der Waals surface area contributed by atoms with Gasteiger partial charge in [-0.05, 0) is 12.1 Å². The molecule has 0 saturated heterocycles. The van der Waals surface area contributed by atoms with Crippen molar-refractivity contribution in [2.24, 2.45) is 0 Å². The highest BCUT2D eigenvalue weighted by molar-refractivity contribution is 6.09. The number of aromatic carboxylic acids is 4. The lowest BCUT2D eigenvalue weighted by atomic mass is 9.98. The van der Waals surface area contributed by atoms with Gasteiger partial charge in [0.05, 0.1) is 22.3 Å². The normalized spacial score (nSPS) is 9.26. The molecule has 0 aromatic heterocycles. The first-order valence-corrected chi connectivity index (χ1v) is 4.37. The fourth-order valence-electron chi connectivity index (χ4n) is 1.31. The third-order valence-electron chi connectivity index (χ3n) is 2.08. The molecule has 4 N–H and O–H groups in total. The highest BCUT2D eigenvalue weighted by Crippen LogP contribution is 2.18. The van der Waals surface area contributed by atoms with E-state index in [9.17, 15) is 19.2 Å². The Hall–Kier alpha value is -2.37. The molecule has 0 amide bonds. The lowest BCUT2D eigenvalue weighted by molar-refractivity contribution is 0.0637. The zero-order valence-corrected chi connectivity index (χ0v) is 10.3. The summed E-state index contributed by atoms with van der Waals surface area (Å²) in [5.41, 5.74) is -3.15. The van der Waals surface area contributed by atoms with Crippen LogP contribution in [-0.4, -0.2) is 61.7 Å². The van der Waals surface area contributed by atoms with Crippen molar-refractivity contribution in [3.8, 4) is 0 Å². The van der Waals surface area contributed by atoms with Crippen molar-refractivity contribution in [1.29, 1.82) is 0 Å². The number of rotatable bonds is 4. The fourth-order valence-corrected chi connectivity index (χ4v) is 1.31. The molecule has 97 valence electrons. The second-order valence-electron chi connectivity index (χ2n) is 3.16. The van der Waals surface area contributed by atoms with Crippen LogP contribution in [0.25, 0.3) is 0 Å². The first-order valence-electron chi connectivity index (χ1n) is 4.37. The molecule has 3 radical (unpaired) electrons. The SMILES string of the molecule is O=C(O)c1cc(C(=O)O)c(C(=O)O)cc1C(=O)O.[Al]. The van der Waals surface area contributed by atoms with Crippen molar-refractivity contribution in [2.45, 2.75) is 0 Å². The van der Waals surface area contributed by atoms with E-state index in [-0.39, 0.29) is 17.4 Å². The molecule has 0 saturated carbocycles. The Morgan fingerprint density at radius 1 is 0.579 bits per heavy atom. The molecule has 1 rings (SSSR count). The molecule has 19 heavy (non-hydrogen) atoms. The van der Waals surface area contributed by atoms with E-state index >= 15 is 0 Å². The minimum Gasteiger partial charge on any atom is -0.478 e. The summed E-state index contributed by atoms with van der Waals surface area (Å²) in [4.78, 5) is 43.1. The molecular formula is C10H6AlO8. The third-order valence-corrected chi connectivity index (χ3v) is 2.08. The van der Waals surface area contributed by atoms with E-state index in [0.717, 1.165) is 0 Å². The number of carboxylic acids is 4. The predicted octanol–water partition coefficient (Wildman–Crippen LogP) is 0.0986. The van der Waals surface area contributed by atoms with Crippen molar-refractivity contribution in [1.82, 2.24) is 0 Å². The van der Waals surface area contributed by atoms with Crippen LogP contribution in [0.1, 0.15) is 41.4 Å². The molecule has 0 atom stereocenters. The Kier molecular flexibility index (Phi) is 5.25. The predicted molar refractivity (Wildman–Crippen MR) is 60.0 cm³/mol. The summed E-state index contributed by atoms with van der Waals surface area (Å²) in [6, 6.07) is 1.02. The molecule has 0 fully saturated rings. The molecule has 8 nitrogen and oxygen atoms in total. The van der Waals surface area contributed by atoms with Crippen LogP contribution in [0.15, 0.2) is 12.1 Å². The highest BCUT2D eigenvalue weighted by Gasteiger charge is 2.24. The van der Waals surface area contributed by atoms with Crippen LogP contribution in [0.2, 0.25) is 0 Å². The van der Waals surface area contributed by atoms with Crippen LogP contribution in [0, 0.1) is 0 Å². The summed E-state index contributed by atoms with van der Waals surface area (Å²) in [5.74, 6) is -6.64. The van der Waals surface area contributed by atoms with Gasteiger partial charge in [-0.2, -0.15) is 0 Å². The van der Waals surface area contributed by atoms with Crippen molar-refractivity contribution >= 4 is 41.2 Å². The Morgan fingerprint density at radius 2 is 0.737 bits per heavy atom. The Bertz CT molecular complexity index is 479. The maximum absolute atomic E-state index is 10.8. The maximum Gasteiger partial charge on any atom is 0.336 e. The van der Waals surface area contributed by atoms with Crippen LogP contribution < -0.4 is 0 Å². The molecule has 1 aromatic carbocycles. The van der Waals surface area contributed by atoms with Crippen molar-refractivity contribution in [3.05, 3.63) is 34.4 Å². The average Bonchev–Trinajstić information content (AvgIpc) is 2.26. The minimum atomic E-state index is -1.66. The van der Waals surface area contributed by atoms with Gasteiger partial charge < -0.3 is 20.4 Å². The van der Waals surface area contributed by atoms with Crippen LogP contribution in [0.4, 0.5) is 0 Å². The molecule has 0 aliphatic heterocycles. The number of hydrogen-bond acceptors (Lipinski definition) is 4. The number of carbonyl (C=O) groups is 4. The largest absolute Gasteiger partial charge is 0.478 e. The lowest BCUT2D eigenvalue weighted by Crippen LogP contribution is -2.15. The van der Waals surface area contributed by atoms with Gasteiger partial charge in [-0.25, -0.2) is 19.2 Å². The summed E-state index contributed by atoms with van der Waals surface area (Å²) in [5, 5.41) is 35.0. The van der Waals surface area contributed by atoms with E-state index in [1.54, 1.807) is 0 Å². The van der Waals surface area contributed by atoms with Gasteiger partial charge in [0.25, 0.3) is 0 Å². The van der Waals surface area contributed by atoms with Gasteiger partial charge >= 0.3 is 23.9 Å². The highest BCUT2D eigenvalue weighted by atomic mass is 27.0. The Labute approximate surface area is 116 Å². The molecule has 0 aliphatic carbocycles. The number of benzene rings is 1. The van der Waals surface area contributed by atoms with Gasteiger partial charge in [-0.3, -0.25) is 0 Å². The van der Waals surface area contributed by atoms with Crippen molar-refractivity contribution in [2.75, 3.05) is 0 Å². The van der Waals surface area contributed by atoms with E-state index in [4.69, 9.17) is 20.4 Å². The second-order valence-corrected chi connectivity index (χ2v) is 3.16. The van der Waals surface area contributed by atoms with Gasteiger partial charge in [-0.15, -0.1) is 0 Å². The molecule has 0 spiro atoms. The summed E-state index contributed by atoms with van der Waals surface area (Å²) in [6.45, 7) is 0. The van der Waals surface area contributed by atoms with Crippen LogP contribution in [0.5, 0.6) is 0 Å². The number of carboxylic acid groups (broad SMARTS) is 4. The molecule has 0 aliphatic rings. The quantitative estimate of drug-likeness (QED) is 0.567. The first kappa shape index (κ1) is 16.6. The van der Waals surface area contributed by atoms with E-state index in [1.165, 1.54) is 0 Å². The zero-order chi connectivity index (χ0) is 14.0. The molecule has 9 heteroatoms. The minimum absolute atomic E-state index is 0. The van der Waals surface area contributed by atoms with E-state index in [2.05, 4.69) is 0 Å². The van der Waals surface area contributed by atoms with Gasteiger partial charge in [0.1, 0.15) is 0 Å². The summed E-state index contributed by atoms with van der Waals surface area (Å²) in [6.07, 6.45) is 0. The smallest absolute Gasteiger partial charge is 0.336 e. The zero-order valence-electron chi connectivity index (χ0n) is 9.15. The standard InChI is InChI=1S/C10H6O8.Al/c11-7(12)3-1-4(8(13)14)6(10(17)18)2-5(3)9(15)16;/h1-2H,(H,11,12)(H,13,14)(H,15,16)(H,17,18);. The summed E-state index contributed by atoms with van der Waals surface area (Å²) >= 11 is 0. The second kappa shape index (κ2) is 5.99. The summed E-state index contributed by atoms with van der Waals surface area (Å²) < 4.78 is 0. The van der Waals surface area contributed by atoms with Gasteiger partial charge in [-0.1, -0.05) is 0 Å². The monoisotopic (exact) mass is 281 g/mol. The third kappa shape index (κ3) is 3.31. The molecule has 0 unspecified atom stereocenters. The maximum atomic E-state index is 10.8. The summed E-state index contributed by atoms with van der Waals surface area (Å²) in [7, 11) is 0. The number of hydrogen-bond donors (Lipinski definition) is 4. The van der Waals surface area contributed by atoms with Crippen molar-refractivity contribution in [3.63, 3.8) is 0 Å². The molecule has 0 bridgehead atoms. The molecule has 1 aromatic rings. The van der Waals surface area contributed by atoms with Gasteiger partial charge in [0.2, 0.25) is 0 Å². The lowest BCUT2D eigenvalue weighted by Gasteiger charge is -2.06. The van der Waals surface area contributed by atoms with Gasteiger partial charge in [0.15, 0.2) is 0 Å². The molecule has 0 heterocycles. The Balaban J connectivity index is 0.00000324. The van der Waals surface area contributed by atoms with Crippen molar-refractivity contribution < 1.29 is 39.6 Å². The topological polar surface area (TPSA) is 149 Å².